The third-order valence-electron chi connectivity index (χ3n) is 1.48. The van der Waals surface area contributed by atoms with Crippen LogP contribution in [0.15, 0.2) is 27.8 Å². The molecule has 0 aromatic heterocycles. The number of halogens is 1. The highest BCUT2D eigenvalue weighted by atomic mass is 79.9. The Morgan fingerprint density at radius 3 is 2.58 bits per heavy atom. The van der Waals surface area contributed by atoms with Crippen molar-refractivity contribution >= 4 is 21.8 Å². The summed E-state index contributed by atoms with van der Waals surface area (Å²) in [5.74, 6) is 5.40. The van der Waals surface area contributed by atoms with Gasteiger partial charge in [0, 0.05) is 10.0 Å². The van der Waals surface area contributed by atoms with Crippen LogP contribution in [0, 0.1) is 6.92 Å². The van der Waals surface area contributed by atoms with Crippen molar-refractivity contribution in [1.82, 2.24) is 0 Å². The van der Waals surface area contributed by atoms with E-state index in [1.54, 1.807) is 0 Å². The number of amidine groups is 1. The van der Waals surface area contributed by atoms with Crippen LogP contribution < -0.4 is 11.6 Å². The fourth-order valence-corrected chi connectivity index (χ4v) is 1.57. The first-order chi connectivity index (χ1) is 5.63. The van der Waals surface area contributed by atoms with Gasteiger partial charge in [0.2, 0.25) is 0 Å². The molecule has 0 saturated heterocycles. The Labute approximate surface area is 79.6 Å². The van der Waals surface area contributed by atoms with Gasteiger partial charge in [-0.15, -0.1) is 0 Å². The zero-order valence-electron chi connectivity index (χ0n) is 6.71. The number of nitrogens with two attached hydrogens (primary N) is 2. The number of hydrogen-bond donors (Lipinski definition) is 2. The van der Waals surface area contributed by atoms with Gasteiger partial charge in [0.25, 0.3) is 0 Å². The van der Waals surface area contributed by atoms with Crippen molar-refractivity contribution in [3.63, 3.8) is 0 Å². The van der Waals surface area contributed by atoms with Crippen molar-refractivity contribution in [2.24, 2.45) is 16.7 Å². The number of aryl methyl sites for hydroxylation is 1. The molecule has 3 nitrogen and oxygen atoms in total. The van der Waals surface area contributed by atoms with E-state index in [9.17, 15) is 0 Å². The summed E-state index contributed by atoms with van der Waals surface area (Å²) in [5.41, 5.74) is 7.49. The molecule has 0 aliphatic heterocycles. The van der Waals surface area contributed by atoms with Crippen LogP contribution in [0.1, 0.15) is 11.1 Å². The van der Waals surface area contributed by atoms with Gasteiger partial charge in [0.15, 0.2) is 0 Å². The fourth-order valence-electron chi connectivity index (χ4n) is 0.959. The number of hydrazone groups is 1. The van der Waals surface area contributed by atoms with Gasteiger partial charge >= 0.3 is 0 Å². The monoisotopic (exact) mass is 227 g/mol. The topological polar surface area (TPSA) is 64.4 Å². The first-order valence-corrected chi connectivity index (χ1v) is 4.23. The summed E-state index contributed by atoms with van der Waals surface area (Å²) in [7, 11) is 0. The summed E-state index contributed by atoms with van der Waals surface area (Å²) in [6.07, 6.45) is 0. The molecule has 0 spiro atoms. The van der Waals surface area contributed by atoms with Crippen molar-refractivity contribution in [2.45, 2.75) is 6.92 Å². The zero-order chi connectivity index (χ0) is 9.14. The lowest BCUT2D eigenvalue weighted by Gasteiger charge is -2.01. The molecule has 4 N–H and O–H groups in total. The van der Waals surface area contributed by atoms with Crippen LogP contribution >= 0.6 is 15.9 Å². The van der Waals surface area contributed by atoms with Crippen LogP contribution in [0.2, 0.25) is 0 Å². The lowest BCUT2D eigenvalue weighted by Crippen LogP contribution is -2.15. The quantitative estimate of drug-likeness (QED) is 0.329. The predicted molar refractivity (Wildman–Crippen MR) is 53.8 cm³/mol. The van der Waals surface area contributed by atoms with Crippen molar-refractivity contribution in [2.75, 3.05) is 0 Å². The highest BCUT2D eigenvalue weighted by Gasteiger charge is 1.99. The highest BCUT2D eigenvalue weighted by Crippen LogP contribution is 2.14. The van der Waals surface area contributed by atoms with Gasteiger partial charge in [0.1, 0.15) is 5.84 Å². The molecule has 64 valence electrons. The van der Waals surface area contributed by atoms with Crippen LogP contribution in [0.4, 0.5) is 0 Å². The predicted octanol–water partition coefficient (Wildman–Crippen LogP) is 1.34. The van der Waals surface area contributed by atoms with E-state index < -0.39 is 0 Å². The van der Waals surface area contributed by atoms with Gasteiger partial charge in [-0.3, -0.25) is 0 Å². The Bertz CT molecular complexity index is 300. The molecular formula is C8H10BrN3. The Balaban J connectivity index is 3.17. The lowest BCUT2D eigenvalue weighted by molar-refractivity contribution is 1.23. The van der Waals surface area contributed by atoms with E-state index >= 15 is 0 Å². The molecule has 0 fully saturated rings. The third-order valence-corrected chi connectivity index (χ3v) is 1.93. The largest absolute Gasteiger partial charge is 0.382 e. The molecule has 1 rings (SSSR count). The lowest BCUT2D eigenvalue weighted by atomic mass is 10.1. The maximum atomic E-state index is 5.54. The van der Waals surface area contributed by atoms with Gasteiger partial charge < -0.3 is 11.6 Å². The SMILES string of the molecule is Cc1cc(Br)cc(/C(N)=N/N)c1. The van der Waals surface area contributed by atoms with Gasteiger partial charge in [-0.1, -0.05) is 15.9 Å². The Morgan fingerprint density at radius 1 is 1.42 bits per heavy atom. The summed E-state index contributed by atoms with van der Waals surface area (Å²) >= 11 is 3.36. The van der Waals surface area contributed by atoms with Crippen molar-refractivity contribution in [3.8, 4) is 0 Å². The smallest absolute Gasteiger partial charge is 0.150 e. The van der Waals surface area contributed by atoms with Crippen LogP contribution in [0.5, 0.6) is 0 Å². The highest BCUT2D eigenvalue weighted by molar-refractivity contribution is 9.10. The fraction of sp³-hybridized carbons (Fsp3) is 0.125. The van der Waals surface area contributed by atoms with Crippen molar-refractivity contribution < 1.29 is 0 Å². The van der Waals surface area contributed by atoms with Crippen molar-refractivity contribution in [1.29, 1.82) is 0 Å². The summed E-state index contributed by atoms with van der Waals surface area (Å²) in [6.45, 7) is 1.98. The summed E-state index contributed by atoms with van der Waals surface area (Å²) in [5, 5.41) is 3.41. The summed E-state index contributed by atoms with van der Waals surface area (Å²) in [6, 6.07) is 5.79. The van der Waals surface area contributed by atoms with Gasteiger partial charge in [0.05, 0.1) is 0 Å². The average molecular weight is 228 g/mol. The van der Waals surface area contributed by atoms with E-state index in [0.29, 0.717) is 5.84 Å². The molecule has 0 saturated carbocycles. The number of nitrogens with zero attached hydrogens (tertiary/aromatic N) is 1. The van der Waals surface area contributed by atoms with Crippen LogP contribution in [0.3, 0.4) is 0 Å². The molecule has 0 radical (unpaired) electrons. The Hall–Kier alpha value is -1.03. The van der Waals surface area contributed by atoms with Gasteiger partial charge in [-0.05, 0) is 30.7 Å². The molecule has 12 heavy (non-hydrogen) atoms. The molecular weight excluding hydrogens is 218 g/mol. The average Bonchev–Trinajstić information content (AvgIpc) is 2.01. The van der Waals surface area contributed by atoms with Crippen LogP contribution in [-0.2, 0) is 0 Å². The Kier molecular flexibility index (Phi) is 2.70. The zero-order valence-corrected chi connectivity index (χ0v) is 8.30. The van der Waals surface area contributed by atoms with Gasteiger partial charge in [-0.2, -0.15) is 5.10 Å². The second-order valence-corrected chi connectivity index (χ2v) is 3.45. The maximum Gasteiger partial charge on any atom is 0.150 e. The normalized spacial score (nSPS) is 11.7. The molecule has 0 unspecified atom stereocenters. The second-order valence-electron chi connectivity index (χ2n) is 2.53. The van der Waals surface area contributed by atoms with E-state index in [1.807, 2.05) is 25.1 Å². The van der Waals surface area contributed by atoms with E-state index in [2.05, 4.69) is 21.0 Å². The van der Waals surface area contributed by atoms with Crippen LogP contribution in [-0.4, -0.2) is 5.84 Å². The number of benzene rings is 1. The maximum absolute atomic E-state index is 5.54. The summed E-state index contributed by atoms with van der Waals surface area (Å²) < 4.78 is 0.976. The van der Waals surface area contributed by atoms with E-state index in [1.165, 1.54) is 0 Å². The first-order valence-electron chi connectivity index (χ1n) is 3.44. The number of rotatable bonds is 1. The molecule has 0 aliphatic rings. The van der Waals surface area contributed by atoms with E-state index in [0.717, 1.165) is 15.6 Å². The molecule has 1 aromatic carbocycles. The third kappa shape index (κ3) is 1.98. The Morgan fingerprint density at radius 2 is 2.08 bits per heavy atom. The van der Waals surface area contributed by atoms with Crippen molar-refractivity contribution in [3.05, 3.63) is 33.8 Å². The molecule has 4 heteroatoms. The standard InChI is InChI=1S/C8H10BrN3/c1-5-2-6(8(10)12-11)4-7(9)3-5/h2-4H,11H2,1H3,(H2,10,12). The minimum Gasteiger partial charge on any atom is -0.382 e. The first kappa shape index (κ1) is 9.06. The molecule has 0 heterocycles. The van der Waals surface area contributed by atoms with E-state index in [4.69, 9.17) is 11.6 Å². The molecule has 0 amide bonds. The molecule has 1 aromatic rings. The van der Waals surface area contributed by atoms with Gasteiger partial charge in [-0.25, -0.2) is 0 Å². The molecule has 0 bridgehead atoms. The molecule has 0 aliphatic carbocycles. The van der Waals surface area contributed by atoms with Crippen LogP contribution in [0.25, 0.3) is 0 Å². The minimum absolute atomic E-state index is 0.347. The summed E-state index contributed by atoms with van der Waals surface area (Å²) in [4.78, 5) is 0. The van der Waals surface area contributed by atoms with E-state index in [-0.39, 0.29) is 0 Å². The number of hydrogen-bond acceptors (Lipinski definition) is 2. The second kappa shape index (κ2) is 3.58. The minimum atomic E-state index is 0.347. The molecule has 0 atom stereocenters.